The smallest absolute Gasteiger partial charge is 0.317 e. The summed E-state index contributed by atoms with van der Waals surface area (Å²) >= 11 is 0. The van der Waals surface area contributed by atoms with Crippen LogP contribution in [0.15, 0.2) is 0 Å². The SMILES string of the molecule is CC1CCC(CNC(=O)N(C)CC2CC2)(C(=O)O)CC1. The number of hydrogen-bond acceptors (Lipinski definition) is 2. The van der Waals surface area contributed by atoms with Crippen LogP contribution in [0.25, 0.3) is 0 Å². The zero-order valence-corrected chi connectivity index (χ0v) is 12.5. The first-order chi connectivity index (χ1) is 9.43. The molecular formula is C15H26N2O3. The van der Waals surface area contributed by atoms with Crippen LogP contribution in [0.2, 0.25) is 0 Å². The third kappa shape index (κ3) is 3.64. The Morgan fingerprint density at radius 3 is 2.35 bits per heavy atom. The molecule has 0 aromatic heterocycles. The zero-order chi connectivity index (χ0) is 14.8. The fourth-order valence-electron chi connectivity index (χ4n) is 2.93. The summed E-state index contributed by atoms with van der Waals surface area (Å²) in [7, 11) is 1.78. The molecule has 2 rings (SSSR count). The molecule has 0 heterocycles. The van der Waals surface area contributed by atoms with E-state index in [0.29, 0.717) is 24.7 Å². The summed E-state index contributed by atoms with van der Waals surface area (Å²) in [6.07, 6.45) is 5.59. The lowest BCUT2D eigenvalue weighted by Crippen LogP contribution is -2.48. The number of carbonyl (C=O) groups is 2. The lowest BCUT2D eigenvalue weighted by Gasteiger charge is -2.36. The van der Waals surface area contributed by atoms with Crippen molar-refractivity contribution in [1.29, 1.82) is 0 Å². The minimum atomic E-state index is -0.769. The maximum Gasteiger partial charge on any atom is 0.317 e. The number of rotatable bonds is 5. The van der Waals surface area contributed by atoms with Gasteiger partial charge in [0.25, 0.3) is 0 Å². The van der Waals surface area contributed by atoms with Crippen LogP contribution in [0.1, 0.15) is 45.4 Å². The van der Waals surface area contributed by atoms with Crippen molar-refractivity contribution in [2.45, 2.75) is 45.4 Å². The first-order valence-corrected chi connectivity index (χ1v) is 7.65. The Morgan fingerprint density at radius 2 is 1.85 bits per heavy atom. The largest absolute Gasteiger partial charge is 0.481 e. The molecule has 114 valence electrons. The van der Waals surface area contributed by atoms with Crippen LogP contribution in [0.4, 0.5) is 4.79 Å². The number of carbonyl (C=O) groups excluding carboxylic acids is 1. The number of nitrogens with zero attached hydrogens (tertiary/aromatic N) is 1. The molecule has 2 N–H and O–H groups in total. The Morgan fingerprint density at radius 1 is 1.25 bits per heavy atom. The summed E-state index contributed by atoms with van der Waals surface area (Å²) in [6, 6.07) is -0.142. The maximum atomic E-state index is 12.0. The van der Waals surface area contributed by atoms with E-state index in [1.165, 1.54) is 12.8 Å². The maximum absolute atomic E-state index is 12.0. The van der Waals surface area contributed by atoms with Gasteiger partial charge in [0.05, 0.1) is 5.41 Å². The van der Waals surface area contributed by atoms with E-state index >= 15 is 0 Å². The molecule has 0 atom stereocenters. The van der Waals surface area contributed by atoms with Crippen LogP contribution in [0, 0.1) is 17.3 Å². The van der Waals surface area contributed by atoms with Crippen molar-refractivity contribution in [3.63, 3.8) is 0 Å². The topological polar surface area (TPSA) is 69.6 Å². The number of amides is 2. The highest BCUT2D eigenvalue weighted by atomic mass is 16.4. The highest BCUT2D eigenvalue weighted by Crippen LogP contribution is 2.38. The fourth-order valence-corrected chi connectivity index (χ4v) is 2.93. The van der Waals surface area contributed by atoms with E-state index in [1.807, 2.05) is 0 Å². The summed E-state index contributed by atoms with van der Waals surface area (Å²) in [4.78, 5) is 25.3. The second kappa shape index (κ2) is 6.02. The number of hydrogen-bond donors (Lipinski definition) is 2. The van der Waals surface area contributed by atoms with Crippen LogP contribution in [0.3, 0.4) is 0 Å². The molecule has 2 fully saturated rings. The normalized spacial score (nSPS) is 29.8. The van der Waals surface area contributed by atoms with Gasteiger partial charge >= 0.3 is 12.0 Å². The lowest BCUT2D eigenvalue weighted by molar-refractivity contribution is -0.151. The Balaban J connectivity index is 1.85. The van der Waals surface area contributed by atoms with Crippen LogP contribution >= 0.6 is 0 Å². The molecule has 2 amide bonds. The first kappa shape index (κ1) is 15.1. The van der Waals surface area contributed by atoms with Gasteiger partial charge < -0.3 is 15.3 Å². The highest BCUT2D eigenvalue weighted by Gasteiger charge is 2.41. The van der Waals surface area contributed by atoms with Crippen molar-refractivity contribution in [3.05, 3.63) is 0 Å². The molecule has 2 saturated carbocycles. The van der Waals surface area contributed by atoms with E-state index in [9.17, 15) is 14.7 Å². The number of carboxylic acid groups (broad SMARTS) is 1. The molecule has 0 aromatic rings. The molecule has 5 heteroatoms. The van der Waals surface area contributed by atoms with E-state index in [-0.39, 0.29) is 12.6 Å². The van der Waals surface area contributed by atoms with Crippen molar-refractivity contribution in [2.24, 2.45) is 17.3 Å². The molecule has 2 aliphatic carbocycles. The van der Waals surface area contributed by atoms with E-state index in [0.717, 1.165) is 19.4 Å². The zero-order valence-electron chi connectivity index (χ0n) is 12.5. The summed E-state index contributed by atoms with van der Waals surface area (Å²) in [5.74, 6) is 0.472. The van der Waals surface area contributed by atoms with Gasteiger partial charge in [-0.3, -0.25) is 4.79 Å². The molecule has 20 heavy (non-hydrogen) atoms. The third-order valence-electron chi connectivity index (χ3n) is 4.84. The highest BCUT2D eigenvalue weighted by molar-refractivity contribution is 5.78. The first-order valence-electron chi connectivity index (χ1n) is 7.65. The Hall–Kier alpha value is -1.26. The minimum Gasteiger partial charge on any atom is -0.481 e. The molecule has 2 aliphatic rings. The average molecular weight is 282 g/mol. The standard InChI is InChI=1S/C15H26N2O3/c1-11-5-7-15(8-6-11,13(18)19)10-16-14(20)17(2)9-12-3-4-12/h11-12H,3-10H2,1-2H3,(H,16,20)(H,18,19). The lowest BCUT2D eigenvalue weighted by atomic mass is 9.71. The van der Waals surface area contributed by atoms with Gasteiger partial charge in [0.2, 0.25) is 0 Å². The van der Waals surface area contributed by atoms with Gasteiger partial charge in [-0.2, -0.15) is 0 Å². The van der Waals surface area contributed by atoms with Crippen LogP contribution in [-0.4, -0.2) is 42.1 Å². The summed E-state index contributed by atoms with van der Waals surface area (Å²) in [5, 5.41) is 12.3. The van der Waals surface area contributed by atoms with Gasteiger partial charge in [-0.05, 0) is 50.4 Å². The van der Waals surface area contributed by atoms with Crippen molar-refractivity contribution in [3.8, 4) is 0 Å². The van der Waals surface area contributed by atoms with Gasteiger partial charge in [0, 0.05) is 20.1 Å². The molecule has 0 unspecified atom stereocenters. The van der Waals surface area contributed by atoms with Gasteiger partial charge in [0.1, 0.15) is 0 Å². The summed E-state index contributed by atoms with van der Waals surface area (Å²) < 4.78 is 0. The molecule has 0 aromatic carbocycles. The quantitative estimate of drug-likeness (QED) is 0.813. The second-order valence-corrected chi connectivity index (χ2v) is 6.75. The molecule has 0 radical (unpaired) electrons. The molecule has 0 aliphatic heterocycles. The van der Waals surface area contributed by atoms with E-state index in [4.69, 9.17) is 0 Å². The number of carboxylic acids is 1. The van der Waals surface area contributed by atoms with Crippen LogP contribution < -0.4 is 5.32 Å². The monoisotopic (exact) mass is 282 g/mol. The Kier molecular flexibility index (Phi) is 4.55. The minimum absolute atomic E-state index is 0.142. The van der Waals surface area contributed by atoms with E-state index in [1.54, 1.807) is 11.9 Å². The fraction of sp³-hybridized carbons (Fsp3) is 0.867. The molecule has 5 nitrogen and oxygen atoms in total. The van der Waals surface area contributed by atoms with E-state index in [2.05, 4.69) is 12.2 Å². The van der Waals surface area contributed by atoms with E-state index < -0.39 is 11.4 Å². The van der Waals surface area contributed by atoms with Crippen molar-refractivity contribution >= 4 is 12.0 Å². The molecule has 0 spiro atoms. The molecular weight excluding hydrogens is 256 g/mol. The number of urea groups is 1. The second-order valence-electron chi connectivity index (χ2n) is 6.75. The van der Waals surface area contributed by atoms with Crippen LogP contribution in [0.5, 0.6) is 0 Å². The number of aliphatic carboxylic acids is 1. The molecule has 0 saturated heterocycles. The Labute approximate surface area is 120 Å². The van der Waals surface area contributed by atoms with Crippen molar-refractivity contribution in [2.75, 3.05) is 20.1 Å². The van der Waals surface area contributed by atoms with Gasteiger partial charge in [-0.25, -0.2) is 4.79 Å². The van der Waals surface area contributed by atoms with Crippen molar-refractivity contribution < 1.29 is 14.7 Å². The molecule has 0 bridgehead atoms. The summed E-state index contributed by atoms with van der Waals surface area (Å²) in [5.41, 5.74) is -0.761. The number of nitrogens with one attached hydrogen (secondary N) is 1. The van der Waals surface area contributed by atoms with Gasteiger partial charge in [0.15, 0.2) is 0 Å². The third-order valence-corrected chi connectivity index (χ3v) is 4.84. The Bertz CT molecular complexity index is 371. The summed E-state index contributed by atoms with van der Waals surface area (Å²) in [6.45, 7) is 3.19. The predicted molar refractivity (Wildman–Crippen MR) is 76.5 cm³/mol. The van der Waals surface area contributed by atoms with Crippen LogP contribution in [-0.2, 0) is 4.79 Å². The van der Waals surface area contributed by atoms with Gasteiger partial charge in [-0.15, -0.1) is 0 Å². The predicted octanol–water partition coefficient (Wildman–Crippen LogP) is 2.32. The average Bonchev–Trinajstić information content (AvgIpc) is 3.21. The van der Waals surface area contributed by atoms with Gasteiger partial charge in [-0.1, -0.05) is 6.92 Å². The van der Waals surface area contributed by atoms with Crippen molar-refractivity contribution in [1.82, 2.24) is 10.2 Å².